The molecule has 0 spiro atoms. The summed E-state index contributed by atoms with van der Waals surface area (Å²) in [5, 5.41) is 2.45. The number of nitrogens with one attached hydrogen (secondary N) is 1. The first-order chi connectivity index (χ1) is 14.6. The van der Waals surface area contributed by atoms with E-state index in [0.29, 0.717) is 17.7 Å². The molecule has 1 aromatic heterocycles. The standard InChI is InChI=1S/C21H25N3O6S/c1-13-9-18(14(2)24(13)17-7-8-31(28,29)12-17)19(25)11-30-20(26)16-5-3-15(4-6-16)10-23-21(22)27/h3-6,9,17H,7-8,10-12H2,1-2H3,(H3,22,23,27). The van der Waals surface area contributed by atoms with E-state index in [2.05, 4.69) is 5.32 Å². The molecule has 3 N–H and O–H groups in total. The maximum absolute atomic E-state index is 12.7. The molecule has 31 heavy (non-hydrogen) atoms. The molecule has 0 saturated carbocycles. The van der Waals surface area contributed by atoms with Gasteiger partial charge in [0, 0.05) is 29.5 Å². The fourth-order valence-corrected chi connectivity index (χ4v) is 5.54. The fourth-order valence-electron chi connectivity index (χ4n) is 3.84. The van der Waals surface area contributed by atoms with Crippen molar-refractivity contribution < 1.29 is 27.5 Å². The number of aryl methyl sites for hydroxylation is 1. The van der Waals surface area contributed by atoms with E-state index < -0.39 is 28.4 Å². The van der Waals surface area contributed by atoms with Crippen molar-refractivity contribution in [3.05, 3.63) is 58.4 Å². The van der Waals surface area contributed by atoms with Gasteiger partial charge >= 0.3 is 12.0 Å². The van der Waals surface area contributed by atoms with Crippen LogP contribution in [-0.2, 0) is 21.1 Å². The average Bonchev–Trinajstić information content (AvgIpc) is 3.22. The zero-order valence-corrected chi connectivity index (χ0v) is 18.2. The highest BCUT2D eigenvalue weighted by atomic mass is 32.2. The van der Waals surface area contributed by atoms with Crippen molar-refractivity contribution >= 4 is 27.6 Å². The molecule has 3 rings (SSSR count). The van der Waals surface area contributed by atoms with Crippen LogP contribution in [0.15, 0.2) is 30.3 Å². The molecule has 1 unspecified atom stereocenters. The van der Waals surface area contributed by atoms with Gasteiger partial charge in [-0.15, -0.1) is 0 Å². The number of ketones is 1. The Kier molecular flexibility index (Phi) is 6.49. The topological polar surface area (TPSA) is 138 Å². The van der Waals surface area contributed by atoms with Gasteiger partial charge in [-0.1, -0.05) is 12.1 Å². The van der Waals surface area contributed by atoms with Crippen LogP contribution in [0.4, 0.5) is 4.79 Å². The summed E-state index contributed by atoms with van der Waals surface area (Å²) in [5.41, 5.74) is 7.94. The van der Waals surface area contributed by atoms with Gasteiger partial charge in [-0.05, 0) is 44.0 Å². The van der Waals surface area contributed by atoms with Gasteiger partial charge in [-0.25, -0.2) is 18.0 Å². The van der Waals surface area contributed by atoms with Crippen molar-refractivity contribution in [1.29, 1.82) is 0 Å². The maximum Gasteiger partial charge on any atom is 0.338 e. The van der Waals surface area contributed by atoms with Crippen molar-refractivity contribution in [3.8, 4) is 0 Å². The van der Waals surface area contributed by atoms with Crippen LogP contribution < -0.4 is 11.1 Å². The molecule has 1 aliphatic rings. The third-order valence-corrected chi connectivity index (χ3v) is 7.10. The Morgan fingerprint density at radius 3 is 2.45 bits per heavy atom. The molecule has 1 fully saturated rings. The number of hydrogen-bond acceptors (Lipinski definition) is 6. The van der Waals surface area contributed by atoms with Gasteiger partial charge in [0.05, 0.1) is 17.1 Å². The number of rotatable bonds is 7. The number of hydrogen-bond donors (Lipinski definition) is 2. The monoisotopic (exact) mass is 447 g/mol. The van der Waals surface area contributed by atoms with Gasteiger partial charge in [-0.3, -0.25) is 4.79 Å². The number of nitrogens with two attached hydrogens (primary N) is 1. The summed E-state index contributed by atoms with van der Waals surface area (Å²) in [7, 11) is -3.05. The van der Waals surface area contributed by atoms with Crippen molar-refractivity contribution in [1.82, 2.24) is 9.88 Å². The SMILES string of the molecule is Cc1cc(C(=O)COC(=O)c2ccc(CNC(N)=O)cc2)c(C)n1C1CCS(=O)(=O)C1. The second kappa shape index (κ2) is 8.93. The third kappa shape index (κ3) is 5.32. The number of primary amides is 1. The third-order valence-electron chi connectivity index (χ3n) is 5.35. The summed E-state index contributed by atoms with van der Waals surface area (Å²) in [4.78, 5) is 35.7. The number of urea groups is 1. The minimum atomic E-state index is -3.05. The van der Waals surface area contributed by atoms with Crippen LogP contribution in [0.3, 0.4) is 0 Å². The number of esters is 1. The predicted molar refractivity (Wildman–Crippen MR) is 114 cm³/mol. The number of carbonyl (C=O) groups excluding carboxylic acids is 3. The van der Waals surface area contributed by atoms with Crippen molar-refractivity contribution in [3.63, 3.8) is 0 Å². The zero-order valence-electron chi connectivity index (χ0n) is 17.4. The molecule has 166 valence electrons. The minimum absolute atomic E-state index is 0.0664. The lowest BCUT2D eigenvalue weighted by Crippen LogP contribution is -2.28. The summed E-state index contributed by atoms with van der Waals surface area (Å²) in [6.07, 6.45) is 0.520. The highest BCUT2D eigenvalue weighted by Crippen LogP contribution is 2.29. The first kappa shape index (κ1) is 22.5. The Morgan fingerprint density at radius 1 is 1.19 bits per heavy atom. The van der Waals surface area contributed by atoms with Gasteiger partial charge in [0.1, 0.15) is 0 Å². The van der Waals surface area contributed by atoms with Crippen LogP contribution in [0.25, 0.3) is 0 Å². The van der Waals surface area contributed by atoms with E-state index in [1.54, 1.807) is 25.1 Å². The van der Waals surface area contributed by atoms with E-state index >= 15 is 0 Å². The lowest BCUT2D eigenvalue weighted by atomic mass is 10.1. The molecule has 0 aliphatic carbocycles. The summed E-state index contributed by atoms with van der Waals surface area (Å²) in [6, 6.07) is 7.26. The fraction of sp³-hybridized carbons (Fsp3) is 0.381. The van der Waals surface area contributed by atoms with E-state index in [0.717, 1.165) is 11.3 Å². The summed E-state index contributed by atoms with van der Waals surface area (Å²) >= 11 is 0. The Hall–Kier alpha value is -3.14. The van der Waals surface area contributed by atoms with E-state index in [9.17, 15) is 22.8 Å². The van der Waals surface area contributed by atoms with Gasteiger partial charge < -0.3 is 20.4 Å². The maximum atomic E-state index is 12.7. The van der Waals surface area contributed by atoms with Crippen LogP contribution in [0.5, 0.6) is 0 Å². The number of sulfone groups is 1. The molecule has 2 aromatic rings. The van der Waals surface area contributed by atoms with Crippen LogP contribution >= 0.6 is 0 Å². The number of Topliss-reactive ketones (excluding diaryl/α,β-unsaturated/α-hetero) is 1. The Morgan fingerprint density at radius 2 is 1.87 bits per heavy atom. The molecule has 0 radical (unpaired) electrons. The second-order valence-corrected chi connectivity index (χ2v) is 9.85. The quantitative estimate of drug-likeness (QED) is 0.489. The Balaban J connectivity index is 1.62. The smallest absolute Gasteiger partial charge is 0.338 e. The Labute approximate surface area is 180 Å². The normalized spacial score (nSPS) is 17.3. The number of ether oxygens (including phenoxy) is 1. The molecule has 2 heterocycles. The van der Waals surface area contributed by atoms with E-state index in [1.807, 2.05) is 11.5 Å². The number of aromatic nitrogens is 1. The molecule has 9 nitrogen and oxygen atoms in total. The number of nitrogens with zero attached hydrogens (tertiary/aromatic N) is 1. The lowest BCUT2D eigenvalue weighted by Gasteiger charge is -2.16. The average molecular weight is 448 g/mol. The molecule has 1 atom stereocenters. The molecule has 10 heteroatoms. The first-order valence-electron chi connectivity index (χ1n) is 9.79. The molecular formula is C21H25N3O6S. The number of amides is 2. The van der Waals surface area contributed by atoms with Crippen LogP contribution in [0.2, 0.25) is 0 Å². The number of carbonyl (C=O) groups is 3. The first-order valence-corrected chi connectivity index (χ1v) is 11.6. The van der Waals surface area contributed by atoms with Crippen molar-refractivity contribution in [2.24, 2.45) is 5.73 Å². The number of benzene rings is 1. The predicted octanol–water partition coefficient (Wildman–Crippen LogP) is 1.67. The van der Waals surface area contributed by atoms with Crippen LogP contribution in [0.1, 0.15) is 50.1 Å². The van der Waals surface area contributed by atoms with Crippen LogP contribution in [-0.4, -0.2) is 48.9 Å². The molecule has 1 aliphatic heterocycles. The highest BCUT2D eigenvalue weighted by molar-refractivity contribution is 7.91. The molecule has 1 saturated heterocycles. The summed E-state index contributed by atoms with van der Waals surface area (Å²) in [6.45, 7) is 3.42. The van der Waals surface area contributed by atoms with E-state index in [-0.39, 0.29) is 35.4 Å². The van der Waals surface area contributed by atoms with Crippen LogP contribution in [0, 0.1) is 13.8 Å². The van der Waals surface area contributed by atoms with E-state index in [4.69, 9.17) is 10.5 Å². The van der Waals surface area contributed by atoms with Crippen molar-refractivity contribution in [2.75, 3.05) is 18.1 Å². The van der Waals surface area contributed by atoms with Crippen molar-refractivity contribution in [2.45, 2.75) is 32.9 Å². The molecule has 1 aromatic carbocycles. The highest BCUT2D eigenvalue weighted by Gasteiger charge is 2.31. The van der Waals surface area contributed by atoms with E-state index in [1.165, 1.54) is 12.1 Å². The molecule has 2 amide bonds. The lowest BCUT2D eigenvalue weighted by molar-refractivity contribution is 0.0474. The van der Waals surface area contributed by atoms with Gasteiger partial charge in [0.2, 0.25) is 5.78 Å². The second-order valence-electron chi connectivity index (χ2n) is 7.63. The van der Waals surface area contributed by atoms with Gasteiger partial charge in [0.15, 0.2) is 16.4 Å². The van der Waals surface area contributed by atoms with Gasteiger partial charge in [0.25, 0.3) is 0 Å². The molecule has 0 bridgehead atoms. The Bertz CT molecular complexity index is 1120. The van der Waals surface area contributed by atoms with Gasteiger partial charge in [-0.2, -0.15) is 0 Å². The minimum Gasteiger partial charge on any atom is -0.454 e. The summed E-state index contributed by atoms with van der Waals surface area (Å²) < 4.78 is 30.7. The largest absolute Gasteiger partial charge is 0.454 e. The zero-order chi connectivity index (χ0) is 22.8. The molecular weight excluding hydrogens is 422 g/mol. The summed E-state index contributed by atoms with van der Waals surface area (Å²) in [5.74, 6) is -0.779.